The highest BCUT2D eigenvalue weighted by molar-refractivity contribution is 6.22. The lowest BCUT2D eigenvalue weighted by Crippen LogP contribution is -2.31. The summed E-state index contributed by atoms with van der Waals surface area (Å²) in [6.45, 7) is 0. The van der Waals surface area contributed by atoms with Gasteiger partial charge in [-0.15, -0.1) is 13.2 Å². The summed E-state index contributed by atoms with van der Waals surface area (Å²) < 4.78 is 40.0. The molecule has 1 saturated heterocycles. The molecule has 1 heterocycles. The van der Waals surface area contributed by atoms with E-state index in [1.54, 1.807) is 0 Å². The first kappa shape index (κ1) is 13.9. The number of fused-ring (bicyclic) bond motifs is 1. The van der Waals surface area contributed by atoms with Crippen LogP contribution in [-0.2, 0) is 9.59 Å². The van der Waals surface area contributed by atoms with Crippen molar-refractivity contribution in [2.45, 2.75) is 25.6 Å². The van der Waals surface area contributed by atoms with E-state index in [0.717, 1.165) is 23.5 Å². The van der Waals surface area contributed by atoms with Crippen LogP contribution in [0.25, 0.3) is 0 Å². The van der Waals surface area contributed by atoms with E-state index in [1.807, 2.05) is 0 Å². The molecule has 0 spiro atoms. The number of anilines is 1. The average molecular weight is 299 g/mol. The molecule has 1 aromatic rings. The molecule has 0 N–H and O–H groups in total. The normalized spacial score (nSPS) is 25.4. The number of ether oxygens (including phenoxy) is 1. The number of carbonyl (C=O) groups is 2. The maximum atomic E-state index is 12.2. The zero-order valence-electron chi connectivity index (χ0n) is 10.9. The second kappa shape index (κ2) is 4.75. The van der Waals surface area contributed by atoms with E-state index in [0.29, 0.717) is 12.8 Å². The first-order chi connectivity index (χ1) is 9.87. The molecule has 3 rings (SSSR count). The van der Waals surface area contributed by atoms with Crippen molar-refractivity contribution in [3.63, 3.8) is 0 Å². The second-order valence-corrected chi connectivity index (χ2v) is 5.20. The molecular formula is C14H12F3NO3. The van der Waals surface area contributed by atoms with Crippen LogP contribution in [0.2, 0.25) is 0 Å². The fourth-order valence-corrected chi connectivity index (χ4v) is 3.04. The highest BCUT2D eigenvalue weighted by atomic mass is 19.4. The van der Waals surface area contributed by atoms with Gasteiger partial charge in [0.2, 0.25) is 11.8 Å². The zero-order valence-corrected chi connectivity index (χ0v) is 10.9. The Kier molecular flexibility index (Phi) is 3.15. The number of amides is 2. The van der Waals surface area contributed by atoms with Crippen molar-refractivity contribution in [1.82, 2.24) is 0 Å². The average Bonchev–Trinajstić information content (AvgIpc) is 2.95. The number of benzene rings is 1. The first-order valence-electron chi connectivity index (χ1n) is 6.60. The van der Waals surface area contributed by atoms with E-state index in [1.165, 1.54) is 12.1 Å². The van der Waals surface area contributed by atoms with E-state index < -0.39 is 6.36 Å². The van der Waals surface area contributed by atoms with Crippen LogP contribution < -0.4 is 9.64 Å². The third-order valence-electron chi connectivity index (χ3n) is 3.92. The Morgan fingerprint density at radius 2 is 1.52 bits per heavy atom. The van der Waals surface area contributed by atoms with Crippen LogP contribution in [-0.4, -0.2) is 18.2 Å². The van der Waals surface area contributed by atoms with Gasteiger partial charge in [0.05, 0.1) is 17.5 Å². The Bertz CT molecular complexity index is 560. The van der Waals surface area contributed by atoms with Gasteiger partial charge in [-0.2, -0.15) is 0 Å². The lowest BCUT2D eigenvalue weighted by Gasteiger charge is -2.16. The molecule has 0 aromatic heterocycles. The quantitative estimate of drug-likeness (QED) is 0.789. The Balaban J connectivity index is 1.81. The third-order valence-corrected chi connectivity index (χ3v) is 3.92. The molecule has 2 amide bonds. The molecular weight excluding hydrogens is 287 g/mol. The molecule has 4 nitrogen and oxygen atoms in total. The Hall–Kier alpha value is -2.05. The van der Waals surface area contributed by atoms with Gasteiger partial charge in [-0.25, -0.2) is 0 Å². The summed E-state index contributed by atoms with van der Waals surface area (Å²) in [7, 11) is 0. The molecule has 1 aliphatic carbocycles. The maximum Gasteiger partial charge on any atom is 0.573 e. The Morgan fingerprint density at radius 3 is 2.00 bits per heavy atom. The number of rotatable bonds is 2. The topological polar surface area (TPSA) is 46.6 Å². The van der Waals surface area contributed by atoms with E-state index in [-0.39, 0.29) is 35.1 Å². The van der Waals surface area contributed by atoms with Gasteiger partial charge in [-0.1, -0.05) is 6.42 Å². The van der Waals surface area contributed by atoms with Crippen LogP contribution in [0.5, 0.6) is 5.75 Å². The van der Waals surface area contributed by atoms with E-state index in [4.69, 9.17) is 0 Å². The summed E-state index contributed by atoms with van der Waals surface area (Å²) in [5, 5.41) is 0. The number of hydrogen-bond acceptors (Lipinski definition) is 3. The lowest BCUT2D eigenvalue weighted by molar-refractivity contribution is -0.274. The van der Waals surface area contributed by atoms with Gasteiger partial charge in [-0.3, -0.25) is 14.5 Å². The Morgan fingerprint density at radius 1 is 1.00 bits per heavy atom. The largest absolute Gasteiger partial charge is 0.573 e. The third kappa shape index (κ3) is 2.48. The summed E-state index contributed by atoms with van der Waals surface area (Å²) in [5.41, 5.74) is 0.286. The molecule has 1 saturated carbocycles. The Labute approximate surface area is 118 Å². The number of hydrogen-bond donors (Lipinski definition) is 0. The summed E-state index contributed by atoms with van der Waals surface area (Å²) in [4.78, 5) is 25.5. The van der Waals surface area contributed by atoms with Gasteiger partial charge < -0.3 is 4.74 Å². The van der Waals surface area contributed by atoms with E-state index in [2.05, 4.69) is 4.74 Å². The van der Waals surface area contributed by atoms with Crippen molar-refractivity contribution >= 4 is 17.5 Å². The fraction of sp³-hybridized carbons (Fsp3) is 0.429. The molecule has 2 unspecified atom stereocenters. The standard InChI is InChI=1S/C14H12F3NO3/c15-14(16,17)21-9-6-4-8(5-7-9)18-12(19)10-2-1-3-11(10)13(18)20/h4-7,10-11H,1-3H2. The van der Waals surface area contributed by atoms with Gasteiger partial charge in [-0.05, 0) is 37.1 Å². The molecule has 1 aliphatic heterocycles. The van der Waals surface area contributed by atoms with Crippen LogP contribution in [0.4, 0.5) is 18.9 Å². The van der Waals surface area contributed by atoms with Gasteiger partial charge in [0.25, 0.3) is 0 Å². The first-order valence-corrected chi connectivity index (χ1v) is 6.60. The molecule has 21 heavy (non-hydrogen) atoms. The summed E-state index contributed by atoms with van der Waals surface area (Å²) in [5.74, 6) is -1.45. The molecule has 2 aliphatic rings. The highest BCUT2D eigenvalue weighted by Gasteiger charge is 2.50. The van der Waals surface area contributed by atoms with Crippen molar-refractivity contribution in [3.05, 3.63) is 24.3 Å². The van der Waals surface area contributed by atoms with Crippen LogP contribution >= 0.6 is 0 Å². The smallest absolute Gasteiger partial charge is 0.406 e. The minimum atomic E-state index is -4.77. The predicted octanol–water partition coefficient (Wildman–Crippen LogP) is 2.87. The van der Waals surface area contributed by atoms with Crippen LogP contribution in [0.1, 0.15) is 19.3 Å². The van der Waals surface area contributed by atoms with Crippen LogP contribution in [0.15, 0.2) is 24.3 Å². The van der Waals surface area contributed by atoms with E-state index in [9.17, 15) is 22.8 Å². The second-order valence-electron chi connectivity index (χ2n) is 5.20. The predicted molar refractivity (Wildman–Crippen MR) is 66.4 cm³/mol. The minimum absolute atomic E-state index is 0.257. The summed E-state index contributed by atoms with van der Waals surface area (Å²) >= 11 is 0. The molecule has 2 fully saturated rings. The maximum absolute atomic E-state index is 12.2. The lowest BCUT2D eigenvalue weighted by atomic mass is 10.00. The van der Waals surface area contributed by atoms with E-state index >= 15 is 0 Å². The van der Waals surface area contributed by atoms with Crippen molar-refractivity contribution < 1.29 is 27.5 Å². The minimum Gasteiger partial charge on any atom is -0.406 e. The highest BCUT2D eigenvalue weighted by Crippen LogP contribution is 2.41. The van der Waals surface area contributed by atoms with Crippen molar-refractivity contribution in [2.24, 2.45) is 11.8 Å². The van der Waals surface area contributed by atoms with Crippen molar-refractivity contribution in [2.75, 3.05) is 4.90 Å². The number of alkyl halides is 3. The SMILES string of the molecule is O=C1C2CCCC2C(=O)N1c1ccc(OC(F)(F)F)cc1. The number of nitrogens with zero attached hydrogens (tertiary/aromatic N) is 1. The molecule has 2 atom stereocenters. The molecule has 7 heteroatoms. The summed E-state index contributed by atoms with van der Waals surface area (Å²) in [6, 6.07) is 4.77. The van der Waals surface area contributed by atoms with Gasteiger partial charge in [0.15, 0.2) is 0 Å². The number of halogens is 3. The number of carbonyl (C=O) groups excluding carboxylic acids is 2. The number of imide groups is 1. The molecule has 1 aromatic carbocycles. The summed E-state index contributed by atoms with van der Waals surface area (Å²) in [6.07, 6.45) is -2.52. The molecule has 112 valence electrons. The zero-order chi connectivity index (χ0) is 15.2. The van der Waals surface area contributed by atoms with Crippen LogP contribution in [0, 0.1) is 11.8 Å². The fourth-order valence-electron chi connectivity index (χ4n) is 3.04. The van der Waals surface area contributed by atoms with Crippen LogP contribution in [0.3, 0.4) is 0 Å². The van der Waals surface area contributed by atoms with Crippen molar-refractivity contribution in [1.29, 1.82) is 0 Å². The van der Waals surface area contributed by atoms with Crippen molar-refractivity contribution in [3.8, 4) is 5.75 Å². The van der Waals surface area contributed by atoms with Gasteiger partial charge in [0.1, 0.15) is 5.75 Å². The molecule has 0 radical (unpaired) electrons. The molecule has 0 bridgehead atoms. The monoisotopic (exact) mass is 299 g/mol. The van der Waals surface area contributed by atoms with Gasteiger partial charge in [0, 0.05) is 0 Å². The van der Waals surface area contributed by atoms with Gasteiger partial charge >= 0.3 is 6.36 Å².